The number of aliphatic hydroxyl groups is 1. The molecule has 0 amide bonds. The van der Waals surface area contributed by atoms with Gasteiger partial charge in [0.2, 0.25) is 0 Å². The Hall–Kier alpha value is -0.610. The fraction of sp³-hybridized carbons (Fsp3) is 0.857. The molecule has 0 aliphatic carbocycles. The van der Waals surface area contributed by atoms with Crippen LogP contribution in [0.15, 0.2) is 0 Å². The second-order valence-corrected chi connectivity index (χ2v) is 2.97. The molecule has 1 saturated heterocycles. The molecule has 0 bridgehead atoms. The van der Waals surface area contributed by atoms with Crippen LogP contribution in [0.25, 0.3) is 0 Å². The minimum atomic E-state index is -1.56. The third-order valence-electron chi connectivity index (χ3n) is 1.94. The number of hydrogen-bond donors (Lipinski definition) is 2. The Bertz CT molecular complexity index is 168. The summed E-state index contributed by atoms with van der Waals surface area (Å²) in [5.74, 6) is -1.15. The van der Waals surface area contributed by atoms with Crippen LogP contribution in [0.5, 0.6) is 0 Å². The van der Waals surface area contributed by atoms with Crippen LogP contribution in [0.4, 0.5) is 0 Å². The van der Waals surface area contributed by atoms with E-state index < -0.39 is 11.6 Å². The largest absolute Gasteiger partial charge is 0.479 e. The second-order valence-electron chi connectivity index (χ2n) is 2.97. The number of rotatable bonds is 1. The normalized spacial score (nSPS) is 38.5. The van der Waals surface area contributed by atoms with Crippen molar-refractivity contribution in [2.24, 2.45) is 0 Å². The zero-order valence-corrected chi connectivity index (χ0v) is 6.41. The lowest BCUT2D eigenvalue weighted by molar-refractivity contribution is -0.173. The van der Waals surface area contributed by atoms with Crippen LogP contribution in [0.1, 0.15) is 19.8 Å². The lowest BCUT2D eigenvalue weighted by atomic mass is 9.91. The molecule has 4 heteroatoms. The number of aliphatic carboxylic acids is 1. The van der Waals surface area contributed by atoms with Crippen molar-refractivity contribution in [3.63, 3.8) is 0 Å². The van der Waals surface area contributed by atoms with Crippen molar-refractivity contribution < 1.29 is 19.7 Å². The van der Waals surface area contributed by atoms with Crippen molar-refractivity contribution in [3.8, 4) is 0 Å². The molecule has 1 aliphatic heterocycles. The van der Waals surface area contributed by atoms with E-state index in [0.717, 1.165) is 0 Å². The number of ether oxygens (including phenoxy) is 1. The van der Waals surface area contributed by atoms with Gasteiger partial charge in [0.05, 0.1) is 12.7 Å². The van der Waals surface area contributed by atoms with E-state index in [9.17, 15) is 9.90 Å². The first kappa shape index (κ1) is 8.49. The molecule has 0 radical (unpaired) electrons. The highest BCUT2D eigenvalue weighted by molar-refractivity contribution is 5.77. The maximum atomic E-state index is 10.5. The Kier molecular flexibility index (Phi) is 2.15. The first-order valence-corrected chi connectivity index (χ1v) is 3.62. The fourth-order valence-electron chi connectivity index (χ4n) is 1.26. The molecule has 0 aromatic carbocycles. The van der Waals surface area contributed by atoms with Gasteiger partial charge < -0.3 is 14.9 Å². The van der Waals surface area contributed by atoms with Crippen LogP contribution in [0, 0.1) is 0 Å². The molecule has 11 heavy (non-hydrogen) atoms. The van der Waals surface area contributed by atoms with E-state index in [1.807, 2.05) is 0 Å². The first-order chi connectivity index (χ1) is 5.04. The van der Waals surface area contributed by atoms with E-state index in [2.05, 4.69) is 0 Å². The Balaban J connectivity index is 2.63. The maximum Gasteiger partial charge on any atom is 0.335 e. The quantitative estimate of drug-likeness (QED) is 0.566. The van der Waals surface area contributed by atoms with Crippen LogP contribution in [-0.2, 0) is 9.53 Å². The Labute approximate surface area is 64.8 Å². The van der Waals surface area contributed by atoms with Crippen LogP contribution < -0.4 is 0 Å². The summed E-state index contributed by atoms with van der Waals surface area (Å²) in [6.07, 6.45) is 0.208. The smallest absolute Gasteiger partial charge is 0.335 e. The SMILES string of the molecule is CC1CC(O)(C(=O)O)CCO1. The Morgan fingerprint density at radius 2 is 2.36 bits per heavy atom. The average molecular weight is 160 g/mol. The number of carbonyl (C=O) groups is 1. The molecular formula is C7H12O4. The third-order valence-corrected chi connectivity index (χ3v) is 1.94. The van der Waals surface area contributed by atoms with Crippen molar-refractivity contribution in [1.82, 2.24) is 0 Å². The van der Waals surface area contributed by atoms with Gasteiger partial charge >= 0.3 is 5.97 Å². The fourth-order valence-corrected chi connectivity index (χ4v) is 1.26. The first-order valence-electron chi connectivity index (χ1n) is 3.62. The van der Waals surface area contributed by atoms with Gasteiger partial charge in [-0.1, -0.05) is 0 Å². The van der Waals surface area contributed by atoms with E-state index in [0.29, 0.717) is 6.61 Å². The zero-order valence-electron chi connectivity index (χ0n) is 6.41. The molecule has 4 nitrogen and oxygen atoms in total. The van der Waals surface area contributed by atoms with Crippen molar-refractivity contribution in [2.75, 3.05) is 6.61 Å². The summed E-state index contributed by atoms with van der Waals surface area (Å²) in [7, 11) is 0. The molecule has 1 rings (SSSR count). The number of hydrogen-bond acceptors (Lipinski definition) is 3. The zero-order chi connectivity index (χ0) is 8.48. The summed E-state index contributed by atoms with van der Waals surface area (Å²) < 4.78 is 5.10. The van der Waals surface area contributed by atoms with E-state index in [-0.39, 0.29) is 18.9 Å². The molecule has 2 N–H and O–H groups in total. The molecule has 2 unspecified atom stereocenters. The molecular weight excluding hydrogens is 148 g/mol. The average Bonchev–Trinajstić information content (AvgIpc) is 1.86. The van der Waals surface area contributed by atoms with Gasteiger partial charge in [-0.15, -0.1) is 0 Å². The van der Waals surface area contributed by atoms with Crippen LogP contribution >= 0.6 is 0 Å². The molecule has 1 aliphatic rings. The summed E-state index contributed by atoms with van der Waals surface area (Å²) in [5, 5.41) is 18.0. The van der Waals surface area contributed by atoms with E-state index >= 15 is 0 Å². The molecule has 0 spiro atoms. The standard InChI is InChI=1S/C7H12O4/c1-5-4-7(10,6(8)9)2-3-11-5/h5,10H,2-4H2,1H3,(H,8,9). The van der Waals surface area contributed by atoms with Crippen LogP contribution in [0.2, 0.25) is 0 Å². The Morgan fingerprint density at radius 3 is 2.73 bits per heavy atom. The summed E-state index contributed by atoms with van der Waals surface area (Å²) in [6, 6.07) is 0. The van der Waals surface area contributed by atoms with Gasteiger partial charge in [0, 0.05) is 12.8 Å². The van der Waals surface area contributed by atoms with Crippen LogP contribution in [0.3, 0.4) is 0 Å². The lowest BCUT2D eigenvalue weighted by Crippen LogP contribution is -2.46. The van der Waals surface area contributed by atoms with E-state index in [1.54, 1.807) is 6.92 Å². The summed E-state index contributed by atoms with van der Waals surface area (Å²) in [6.45, 7) is 2.08. The summed E-state index contributed by atoms with van der Waals surface area (Å²) >= 11 is 0. The summed E-state index contributed by atoms with van der Waals surface area (Å²) in [4.78, 5) is 10.5. The second kappa shape index (κ2) is 2.79. The van der Waals surface area contributed by atoms with Crippen molar-refractivity contribution in [2.45, 2.75) is 31.5 Å². The maximum absolute atomic E-state index is 10.5. The molecule has 2 atom stereocenters. The van der Waals surface area contributed by atoms with Gasteiger partial charge in [0.25, 0.3) is 0 Å². The number of carboxylic acids is 1. The predicted molar refractivity (Wildman–Crippen MR) is 37.2 cm³/mol. The van der Waals surface area contributed by atoms with E-state index in [1.165, 1.54) is 0 Å². The molecule has 1 heterocycles. The van der Waals surface area contributed by atoms with Gasteiger partial charge in [0.1, 0.15) is 0 Å². The Morgan fingerprint density at radius 1 is 1.73 bits per heavy atom. The number of carboxylic acid groups (broad SMARTS) is 1. The molecule has 0 aromatic heterocycles. The third kappa shape index (κ3) is 1.70. The molecule has 0 aromatic rings. The minimum absolute atomic E-state index is 0.162. The van der Waals surface area contributed by atoms with Crippen LogP contribution in [-0.4, -0.2) is 34.5 Å². The highest BCUT2D eigenvalue weighted by Crippen LogP contribution is 2.24. The molecule has 1 fully saturated rings. The van der Waals surface area contributed by atoms with Gasteiger partial charge in [-0.25, -0.2) is 4.79 Å². The topological polar surface area (TPSA) is 66.8 Å². The van der Waals surface area contributed by atoms with Gasteiger partial charge in [-0.05, 0) is 6.92 Å². The van der Waals surface area contributed by atoms with Gasteiger partial charge in [0.15, 0.2) is 5.60 Å². The van der Waals surface area contributed by atoms with Gasteiger partial charge in [-0.2, -0.15) is 0 Å². The monoisotopic (exact) mass is 160 g/mol. The molecule has 0 saturated carbocycles. The lowest BCUT2D eigenvalue weighted by Gasteiger charge is -2.31. The van der Waals surface area contributed by atoms with Crippen molar-refractivity contribution >= 4 is 5.97 Å². The highest BCUT2D eigenvalue weighted by atomic mass is 16.5. The minimum Gasteiger partial charge on any atom is -0.479 e. The summed E-state index contributed by atoms with van der Waals surface area (Å²) in [5.41, 5.74) is -1.56. The van der Waals surface area contributed by atoms with Crippen molar-refractivity contribution in [3.05, 3.63) is 0 Å². The van der Waals surface area contributed by atoms with Gasteiger partial charge in [-0.3, -0.25) is 0 Å². The highest BCUT2D eigenvalue weighted by Gasteiger charge is 2.40. The molecule has 64 valence electrons. The van der Waals surface area contributed by atoms with E-state index in [4.69, 9.17) is 9.84 Å². The van der Waals surface area contributed by atoms with Crippen molar-refractivity contribution in [1.29, 1.82) is 0 Å². The predicted octanol–water partition coefficient (Wildman–Crippen LogP) is 0.00100.